The van der Waals surface area contributed by atoms with Crippen molar-refractivity contribution in [1.82, 2.24) is 5.32 Å². The Bertz CT molecular complexity index is 442. The summed E-state index contributed by atoms with van der Waals surface area (Å²) >= 11 is 0. The van der Waals surface area contributed by atoms with Crippen molar-refractivity contribution in [3.8, 4) is 5.75 Å². The predicted octanol–water partition coefficient (Wildman–Crippen LogP) is 4.05. The van der Waals surface area contributed by atoms with Gasteiger partial charge in [0.05, 0.1) is 18.7 Å². The van der Waals surface area contributed by atoms with Crippen LogP contribution >= 0.6 is 0 Å². The summed E-state index contributed by atoms with van der Waals surface area (Å²) in [6.45, 7) is 4.97. The maximum absolute atomic E-state index is 11.6. The van der Waals surface area contributed by atoms with E-state index in [1.165, 1.54) is 31.7 Å². The normalized spacial score (nSPS) is 12.3. The molecule has 1 aromatic heterocycles. The maximum atomic E-state index is 11.6. The SMILES string of the molecule is CCCCCCCOc1cc([C@@H](CCC)NC)oc(=O)c1. The van der Waals surface area contributed by atoms with E-state index in [4.69, 9.17) is 9.15 Å². The van der Waals surface area contributed by atoms with Crippen LogP contribution in [0.1, 0.15) is 70.6 Å². The molecule has 4 heteroatoms. The van der Waals surface area contributed by atoms with Gasteiger partial charge in [-0.3, -0.25) is 0 Å². The first-order chi connectivity index (χ1) is 10.2. The summed E-state index contributed by atoms with van der Waals surface area (Å²) in [4.78, 5) is 11.6. The van der Waals surface area contributed by atoms with Gasteiger partial charge in [-0.25, -0.2) is 4.79 Å². The van der Waals surface area contributed by atoms with Crippen LogP contribution in [0.4, 0.5) is 0 Å². The molecule has 1 rings (SSSR count). The van der Waals surface area contributed by atoms with E-state index in [-0.39, 0.29) is 11.7 Å². The van der Waals surface area contributed by atoms with Gasteiger partial charge >= 0.3 is 5.63 Å². The van der Waals surface area contributed by atoms with Gasteiger partial charge in [-0.2, -0.15) is 0 Å². The average Bonchev–Trinajstić information content (AvgIpc) is 2.47. The minimum atomic E-state index is -0.343. The smallest absolute Gasteiger partial charge is 0.339 e. The highest BCUT2D eigenvalue weighted by Gasteiger charge is 2.13. The molecule has 1 N–H and O–H groups in total. The third-order valence-corrected chi connectivity index (χ3v) is 3.55. The molecular weight excluding hydrogens is 266 g/mol. The summed E-state index contributed by atoms with van der Waals surface area (Å²) in [5.41, 5.74) is -0.343. The molecule has 4 nitrogen and oxygen atoms in total. The molecule has 21 heavy (non-hydrogen) atoms. The van der Waals surface area contributed by atoms with E-state index in [1.807, 2.05) is 13.1 Å². The fourth-order valence-electron chi connectivity index (χ4n) is 2.34. The summed E-state index contributed by atoms with van der Waals surface area (Å²) in [5.74, 6) is 1.28. The quantitative estimate of drug-likeness (QED) is 0.626. The fourth-order valence-corrected chi connectivity index (χ4v) is 2.34. The number of hydrogen-bond acceptors (Lipinski definition) is 4. The second-order valence-corrected chi connectivity index (χ2v) is 5.41. The lowest BCUT2D eigenvalue weighted by Gasteiger charge is -2.14. The molecule has 1 atom stereocenters. The van der Waals surface area contributed by atoms with Crippen LogP contribution in [0.25, 0.3) is 0 Å². The zero-order valence-corrected chi connectivity index (χ0v) is 13.6. The van der Waals surface area contributed by atoms with Crippen molar-refractivity contribution in [2.45, 2.75) is 64.8 Å². The van der Waals surface area contributed by atoms with Gasteiger partial charge in [-0.15, -0.1) is 0 Å². The van der Waals surface area contributed by atoms with Gasteiger partial charge in [-0.05, 0) is 19.9 Å². The lowest BCUT2D eigenvalue weighted by Crippen LogP contribution is -2.18. The lowest BCUT2D eigenvalue weighted by molar-refractivity contribution is 0.294. The number of nitrogens with one attached hydrogen (secondary N) is 1. The van der Waals surface area contributed by atoms with Crippen molar-refractivity contribution in [2.24, 2.45) is 0 Å². The summed E-state index contributed by atoms with van der Waals surface area (Å²) in [5, 5.41) is 3.18. The molecule has 120 valence electrons. The molecule has 0 amide bonds. The van der Waals surface area contributed by atoms with Gasteiger partial charge in [0.2, 0.25) is 0 Å². The Morgan fingerprint density at radius 3 is 2.57 bits per heavy atom. The fraction of sp³-hybridized carbons (Fsp3) is 0.706. The molecule has 0 spiro atoms. The van der Waals surface area contributed by atoms with Crippen LogP contribution in [0.3, 0.4) is 0 Å². The van der Waals surface area contributed by atoms with Gasteiger partial charge in [0.15, 0.2) is 0 Å². The molecule has 0 aliphatic heterocycles. The topological polar surface area (TPSA) is 51.5 Å². The molecule has 0 aliphatic rings. The largest absolute Gasteiger partial charge is 0.493 e. The maximum Gasteiger partial charge on any atom is 0.339 e. The highest BCUT2D eigenvalue weighted by molar-refractivity contribution is 5.22. The Kier molecular flexibility index (Phi) is 8.83. The Labute approximate surface area is 127 Å². The van der Waals surface area contributed by atoms with Crippen LogP contribution in [0.5, 0.6) is 5.75 Å². The van der Waals surface area contributed by atoms with Gasteiger partial charge in [0.25, 0.3) is 0 Å². The molecule has 0 bridgehead atoms. The third-order valence-electron chi connectivity index (χ3n) is 3.55. The van der Waals surface area contributed by atoms with Gasteiger partial charge in [0, 0.05) is 6.07 Å². The van der Waals surface area contributed by atoms with Gasteiger partial charge in [-0.1, -0.05) is 46.0 Å². The summed E-state index contributed by atoms with van der Waals surface area (Å²) < 4.78 is 11.0. The predicted molar refractivity (Wildman–Crippen MR) is 85.9 cm³/mol. The summed E-state index contributed by atoms with van der Waals surface area (Å²) in [6.07, 6.45) is 7.93. The summed E-state index contributed by atoms with van der Waals surface area (Å²) in [6, 6.07) is 3.33. The van der Waals surface area contributed by atoms with E-state index in [1.54, 1.807) is 0 Å². The van der Waals surface area contributed by atoms with E-state index < -0.39 is 0 Å². The number of hydrogen-bond donors (Lipinski definition) is 1. The summed E-state index contributed by atoms with van der Waals surface area (Å²) in [7, 11) is 1.88. The van der Waals surface area contributed by atoms with Crippen LogP contribution in [-0.2, 0) is 0 Å². The average molecular weight is 295 g/mol. The number of rotatable bonds is 11. The van der Waals surface area contributed by atoms with E-state index in [9.17, 15) is 4.79 Å². The molecule has 1 heterocycles. The molecule has 0 radical (unpaired) electrons. The van der Waals surface area contributed by atoms with E-state index in [2.05, 4.69) is 19.2 Å². The molecule has 0 saturated carbocycles. The van der Waals surface area contributed by atoms with Crippen LogP contribution in [-0.4, -0.2) is 13.7 Å². The van der Waals surface area contributed by atoms with Crippen molar-refractivity contribution >= 4 is 0 Å². The Balaban J connectivity index is 2.54. The first kappa shape index (κ1) is 17.8. The van der Waals surface area contributed by atoms with Crippen LogP contribution < -0.4 is 15.7 Å². The van der Waals surface area contributed by atoms with Gasteiger partial charge < -0.3 is 14.5 Å². The minimum Gasteiger partial charge on any atom is -0.493 e. The molecule has 0 saturated heterocycles. The standard InChI is InChI=1S/C17H29NO3/c1-4-6-7-8-9-11-20-14-12-16(21-17(19)13-14)15(18-3)10-5-2/h12-13,15,18H,4-11H2,1-3H3/t15-/m1/s1. The Morgan fingerprint density at radius 1 is 1.14 bits per heavy atom. The molecule has 0 aliphatic carbocycles. The lowest BCUT2D eigenvalue weighted by atomic mass is 10.1. The Morgan fingerprint density at radius 2 is 1.90 bits per heavy atom. The van der Waals surface area contributed by atoms with E-state index >= 15 is 0 Å². The van der Waals surface area contributed by atoms with Crippen LogP contribution in [0.2, 0.25) is 0 Å². The molecule has 1 aromatic rings. The number of ether oxygens (including phenoxy) is 1. The zero-order chi connectivity index (χ0) is 15.5. The van der Waals surface area contributed by atoms with Crippen LogP contribution in [0.15, 0.2) is 21.3 Å². The Hall–Kier alpha value is -1.29. The van der Waals surface area contributed by atoms with Crippen molar-refractivity contribution < 1.29 is 9.15 Å². The first-order valence-electron chi connectivity index (χ1n) is 8.16. The van der Waals surface area contributed by atoms with Crippen molar-refractivity contribution in [1.29, 1.82) is 0 Å². The minimum absolute atomic E-state index is 0.0656. The van der Waals surface area contributed by atoms with Crippen molar-refractivity contribution in [2.75, 3.05) is 13.7 Å². The van der Waals surface area contributed by atoms with Crippen molar-refractivity contribution in [3.63, 3.8) is 0 Å². The monoisotopic (exact) mass is 295 g/mol. The van der Waals surface area contributed by atoms with Gasteiger partial charge in [0.1, 0.15) is 11.5 Å². The van der Waals surface area contributed by atoms with E-state index in [0.29, 0.717) is 18.1 Å². The van der Waals surface area contributed by atoms with E-state index in [0.717, 1.165) is 19.3 Å². The molecule has 0 unspecified atom stereocenters. The van der Waals surface area contributed by atoms with Crippen LogP contribution in [0, 0.1) is 0 Å². The second-order valence-electron chi connectivity index (χ2n) is 5.41. The van der Waals surface area contributed by atoms with Crippen molar-refractivity contribution in [3.05, 3.63) is 28.3 Å². The number of unbranched alkanes of at least 4 members (excludes halogenated alkanes) is 4. The second kappa shape index (κ2) is 10.4. The highest BCUT2D eigenvalue weighted by atomic mass is 16.5. The molecular formula is C17H29NO3. The molecule has 0 aromatic carbocycles. The molecule has 0 fully saturated rings. The zero-order valence-electron chi connectivity index (χ0n) is 13.6. The first-order valence-corrected chi connectivity index (χ1v) is 8.16. The third kappa shape index (κ3) is 6.80. The highest BCUT2D eigenvalue weighted by Crippen LogP contribution is 2.21.